The monoisotopic (exact) mass is 489 g/mol. The molecule has 34 heavy (non-hydrogen) atoms. The van der Waals surface area contributed by atoms with E-state index in [-0.39, 0.29) is 29.5 Å². The van der Waals surface area contributed by atoms with Crippen LogP contribution < -0.4 is 4.74 Å². The third-order valence-corrected chi connectivity index (χ3v) is 5.37. The van der Waals surface area contributed by atoms with Crippen molar-refractivity contribution in [1.82, 2.24) is 5.06 Å². The first-order valence-corrected chi connectivity index (χ1v) is 10.5. The summed E-state index contributed by atoms with van der Waals surface area (Å²) in [5, 5.41) is 10.4. The van der Waals surface area contributed by atoms with Crippen LogP contribution in [0.4, 0.5) is 13.6 Å². The number of carboxylic acid groups (broad SMARTS) is 1. The van der Waals surface area contributed by atoms with Gasteiger partial charge in [0.1, 0.15) is 18.4 Å². The van der Waals surface area contributed by atoms with Crippen LogP contribution in [0.3, 0.4) is 0 Å². The molecule has 10 heteroatoms. The van der Waals surface area contributed by atoms with E-state index in [1.54, 1.807) is 24.3 Å². The molecule has 0 radical (unpaired) electrons. The average Bonchev–Trinajstić information content (AvgIpc) is 3.18. The van der Waals surface area contributed by atoms with Crippen molar-refractivity contribution in [2.45, 2.75) is 19.2 Å². The van der Waals surface area contributed by atoms with Crippen molar-refractivity contribution in [2.24, 2.45) is 0 Å². The molecule has 1 aliphatic rings. The molecule has 0 amide bonds. The number of nitrogens with zero attached hydrogens (tertiary/aromatic N) is 1. The Labute approximate surface area is 198 Å². The summed E-state index contributed by atoms with van der Waals surface area (Å²) in [6.07, 6.45) is -1.06. The molecule has 176 valence electrons. The van der Waals surface area contributed by atoms with Crippen molar-refractivity contribution < 1.29 is 37.8 Å². The Hall–Kier alpha value is -3.69. The molecule has 1 heterocycles. The van der Waals surface area contributed by atoms with Gasteiger partial charge in [0.15, 0.2) is 18.2 Å². The van der Waals surface area contributed by atoms with Gasteiger partial charge in [-0.3, -0.25) is 0 Å². The van der Waals surface area contributed by atoms with Crippen LogP contribution in [0, 0.1) is 11.6 Å². The van der Waals surface area contributed by atoms with Crippen LogP contribution in [-0.4, -0.2) is 28.9 Å². The Morgan fingerprint density at radius 1 is 1.06 bits per heavy atom. The fourth-order valence-corrected chi connectivity index (χ4v) is 3.86. The highest BCUT2D eigenvalue weighted by Crippen LogP contribution is 2.44. The lowest BCUT2D eigenvalue weighted by Crippen LogP contribution is -2.28. The number of hydrogen-bond donors (Lipinski definition) is 1. The van der Waals surface area contributed by atoms with E-state index in [0.717, 1.165) is 16.7 Å². The zero-order valence-corrected chi connectivity index (χ0v) is 18.3. The minimum atomic E-state index is -1.21. The van der Waals surface area contributed by atoms with Gasteiger partial charge in [-0.15, -0.1) is 5.06 Å². The second-order valence-electron chi connectivity index (χ2n) is 7.39. The maximum Gasteiger partial charge on any atom is 0.528 e. The third kappa shape index (κ3) is 5.11. The van der Waals surface area contributed by atoms with Gasteiger partial charge < -0.3 is 19.4 Å². The van der Waals surface area contributed by atoms with Crippen LogP contribution in [0.5, 0.6) is 5.75 Å². The highest BCUT2D eigenvalue weighted by molar-refractivity contribution is 6.30. The molecule has 0 aromatic heterocycles. The fourth-order valence-electron chi connectivity index (χ4n) is 3.68. The Balaban J connectivity index is 1.65. The van der Waals surface area contributed by atoms with Crippen LogP contribution >= 0.6 is 11.6 Å². The maximum atomic E-state index is 14.6. The van der Waals surface area contributed by atoms with Crippen molar-refractivity contribution >= 4 is 23.7 Å². The fraction of sp³-hybridized carbons (Fsp3) is 0.167. The standard InChI is InChI=1S/C24H18ClF2NO6/c25-15-6-9-20(32-13-21(29)30)17(10-15)23-16-7-8-19(26)22(27)18(16)11-28(23)34-24(31)33-12-14-4-2-1-3-5-14/h1-10,23H,11-13H2,(H,29,30). The number of halogens is 3. The number of hydroxylamine groups is 2. The van der Waals surface area contributed by atoms with E-state index in [1.165, 1.54) is 24.3 Å². The highest BCUT2D eigenvalue weighted by atomic mass is 35.5. The molecule has 0 fully saturated rings. The molecule has 4 rings (SSSR count). The van der Waals surface area contributed by atoms with Crippen LogP contribution in [0.2, 0.25) is 5.02 Å². The molecular formula is C24H18ClF2NO6. The van der Waals surface area contributed by atoms with Gasteiger partial charge in [0.2, 0.25) is 0 Å². The van der Waals surface area contributed by atoms with Crippen molar-refractivity contribution in [3.05, 3.63) is 99.6 Å². The highest BCUT2D eigenvalue weighted by Gasteiger charge is 2.39. The quantitative estimate of drug-likeness (QED) is 0.453. The summed E-state index contributed by atoms with van der Waals surface area (Å²) in [7, 11) is 0. The zero-order valence-electron chi connectivity index (χ0n) is 17.5. The lowest BCUT2D eigenvalue weighted by Gasteiger charge is -2.25. The molecule has 3 aromatic carbocycles. The smallest absolute Gasteiger partial charge is 0.482 e. The molecule has 0 spiro atoms. The number of ether oxygens (including phenoxy) is 2. The summed E-state index contributed by atoms with van der Waals surface area (Å²) in [4.78, 5) is 28.8. The van der Waals surface area contributed by atoms with Gasteiger partial charge in [-0.05, 0) is 35.4 Å². The van der Waals surface area contributed by atoms with Gasteiger partial charge in [-0.1, -0.05) is 48.0 Å². The summed E-state index contributed by atoms with van der Waals surface area (Å²) >= 11 is 6.16. The SMILES string of the molecule is O=C(O)COc1ccc(Cl)cc1C1c2ccc(F)c(F)c2CN1OC(=O)OCc1ccccc1. The second kappa shape index (κ2) is 10.1. The summed E-state index contributed by atoms with van der Waals surface area (Å²) in [6, 6.07) is 14.7. The minimum Gasteiger partial charge on any atom is -0.482 e. The second-order valence-corrected chi connectivity index (χ2v) is 7.82. The number of rotatable bonds is 7. The predicted octanol–water partition coefficient (Wildman–Crippen LogP) is 5.26. The summed E-state index contributed by atoms with van der Waals surface area (Å²) < 4.78 is 39.0. The normalized spacial score (nSPS) is 15.0. The van der Waals surface area contributed by atoms with Crippen LogP contribution in [-0.2, 0) is 27.5 Å². The van der Waals surface area contributed by atoms with E-state index in [2.05, 4.69) is 0 Å². The lowest BCUT2D eigenvalue weighted by molar-refractivity contribution is -0.148. The number of carboxylic acids is 1. The lowest BCUT2D eigenvalue weighted by atomic mass is 9.97. The number of aliphatic carboxylic acids is 1. The van der Waals surface area contributed by atoms with Gasteiger partial charge in [-0.25, -0.2) is 18.4 Å². The van der Waals surface area contributed by atoms with Crippen molar-refractivity contribution in [3.63, 3.8) is 0 Å². The first-order valence-electron chi connectivity index (χ1n) is 10.1. The Morgan fingerprint density at radius 2 is 1.82 bits per heavy atom. The molecule has 1 atom stereocenters. The third-order valence-electron chi connectivity index (χ3n) is 5.14. The van der Waals surface area contributed by atoms with E-state index in [9.17, 15) is 18.4 Å². The molecule has 0 saturated heterocycles. The van der Waals surface area contributed by atoms with Gasteiger partial charge in [0, 0.05) is 16.1 Å². The molecule has 1 aliphatic heterocycles. The van der Waals surface area contributed by atoms with Crippen LogP contribution in [0.15, 0.2) is 60.7 Å². The number of fused-ring (bicyclic) bond motifs is 1. The van der Waals surface area contributed by atoms with Gasteiger partial charge in [0.05, 0.1) is 6.54 Å². The maximum absolute atomic E-state index is 14.6. The largest absolute Gasteiger partial charge is 0.528 e. The molecule has 0 saturated carbocycles. The molecule has 1 unspecified atom stereocenters. The molecule has 0 aliphatic carbocycles. The van der Waals surface area contributed by atoms with Gasteiger partial charge in [-0.2, -0.15) is 0 Å². The summed E-state index contributed by atoms with van der Waals surface area (Å²) in [6.45, 7) is -0.987. The van der Waals surface area contributed by atoms with Crippen molar-refractivity contribution in [3.8, 4) is 5.75 Å². The van der Waals surface area contributed by atoms with Gasteiger partial charge in [0.25, 0.3) is 0 Å². The van der Waals surface area contributed by atoms with Gasteiger partial charge >= 0.3 is 12.1 Å². The Bertz CT molecular complexity index is 1220. The Morgan fingerprint density at radius 3 is 2.56 bits per heavy atom. The zero-order chi connectivity index (χ0) is 24.2. The summed E-state index contributed by atoms with van der Waals surface area (Å²) in [5.41, 5.74) is 1.31. The minimum absolute atomic E-state index is 0.0231. The van der Waals surface area contributed by atoms with Crippen molar-refractivity contribution in [2.75, 3.05) is 6.61 Å². The first-order chi connectivity index (χ1) is 16.3. The Kier molecular flexibility index (Phi) is 6.95. The number of carbonyl (C=O) groups excluding carboxylic acids is 1. The van der Waals surface area contributed by atoms with E-state index >= 15 is 0 Å². The molecule has 0 bridgehead atoms. The van der Waals surface area contributed by atoms with E-state index in [1.807, 2.05) is 6.07 Å². The van der Waals surface area contributed by atoms with Crippen LogP contribution in [0.1, 0.15) is 28.3 Å². The van der Waals surface area contributed by atoms with Crippen molar-refractivity contribution in [1.29, 1.82) is 0 Å². The van der Waals surface area contributed by atoms with Crippen LogP contribution in [0.25, 0.3) is 0 Å². The number of carbonyl (C=O) groups is 2. The van der Waals surface area contributed by atoms with E-state index < -0.39 is 36.4 Å². The molecule has 3 aromatic rings. The predicted molar refractivity (Wildman–Crippen MR) is 116 cm³/mol. The van der Waals surface area contributed by atoms with E-state index in [0.29, 0.717) is 11.1 Å². The average molecular weight is 490 g/mol. The van der Waals surface area contributed by atoms with E-state index in [4.69, 9.17) is 31.0 Å². The number of hydrogen-bond acceptors (Lipinski definition) is 6. The summed E-state index contributed by atoms with van der Waals surface area (Å²) in [5.74, 6) is -3.22. The number of benzene rings is 3. The molecular weight excluding hydrogens is 472 g/mol. The molecule has 7 nitrogen and oxygen atoms in total. The topological polar surface area (TPSA) is 85.3 Å². The molecule has 1 N–H and O–H groups in total. The first kappa shape index (κ1) is 23.5.